The number of aryl methyl sites for hydroxylation is 1. The smallest absolute Gasteiger partial charge is 0.258 e. The normalized spacial score (nSPS) is 13.1. The molecule has 1 aromatic heterocycles. The lowest BCUT2D eigenvalue weighted by molar-refractivity contribution is 0.0879. The van der Waals surface area contributed by atoms with Gasteiger partial charge in [-0.15, -0.1) is 11.3 Å². The van der Waals surface area contributed by atoms with E-state index in [1.54, 1.807) is 23.5 Å². The third kappa shape index (κ3) is 2.28. The summed E-state index contributed by atoms with van der Waals surface area (Å²) in [5.74, 6) is -0.643. The Morgan fingerprint density at radius 1 is 0.783 bits per heavy atom. The fourth-order valence-corrected chi connectivity index (χ4v) is 3.62. The summed E-state index contributed by atoms with van der Waals surface area (Å²) in [5.41, 5.74) is 5.24. The molecule has 0 fully saturated rings. The maximum atomic E-state index is 11.8. The molecule has 1 aliphatic heterocycles. The second-order valence-corrected chi connectivity index (χ2v) is 6.64. The summed E-state index contributed by atoms with van der Waals surface area (Å²) in [4.78, 5) is 24.7. The SMILES string of the molecule is Cc1sccc1-c1cccc(-c2ccc3c(c2)C(=O)NC3=O)c1. The van der Waals surface area contributed by atoms with Gasteiger partial charge in [0.25, 0.3) is 11.8 Å². The van der Waals surface area contributed by atoms with Crippen LogP contribution < -0.4 is 5.32 Å². The van der Waals surface area contributed by atoms with E-state index in [-0.39, 0.29) is 11.8 Å². The van der Waals surface area contributed by atoms with Crippen molar-refractivity contribution < 1.29 is 9.59 Å². The van der Waals surface area contributed by atoms with Crippen molar-refractivity contribution in [3.05, 3.63) is 69.9 Å². The first-order valence-electron chi connectivity index (χ1n) is 7.28. The maximum absolute atomic E-state index is 11.8. The predicted molar refractivity (Wildman–Crippen MR) is 91.7 cm³/mol. The third-order valence-electron chi connectivity index (χ3n) is 4.10. The molecule has 0 radical (unpaired) electrons. The summed E-state index contributed by atoms with van der Waals surface area (Å²) >= 11 is 1.73. The molecule has 2 amide bonds. The van der Waals surface area contributed by atoms with Gasteiger partial charge in [-0.25, -0.2) is 0 Å². The van der Waals surface area contributed by atoms with E-state index in [0.717, 1.165) is 16.7 Å². The van der Waals surface area contributed by atoms with Crippen molar-refractivity contribution in [2.45, 2.75) is 6.92 Å². The van der Waals surface area contributed by atoms with E-state index in [1.807, 2.05) is 18.2 Å². The number of nitrogens with one attached hydrogen (secondary N) is 1. The van der Waals surface area contributed by atoms with Gasteiger partial charge in [0, 0.05) is 4.88 Å². The molecule has 0 saturated carbocycles. The van der Waals surface area contributed by atoms with Crippen molar-refractivity contribution in [3.8, 4) is 22.3 Å². The van der Waals surface area contributed by atoms with Crippen LogP contribution in [0.25, 0.3) is 22.3 Å². The van der Waals surface area contributed by atoms with Crippen LogP contribution in [0, 0.1) is 6.92 Å². The van der Waals surface area contributed by atoms with Crippen molar-refractivity contribution in [1.82, 2.24) is 5.32 Å². The van der Waals surface area contributed by atoms with Gasteiger partial charge in [0.15, 0.2) is 0 Å². The van der Waals surface area contributed by atoms with Crippen LogP contribution in [-0.4, -0.2) is 11.8 Å². The Kier molecular flexibility index (Phi) is 3.13. The van der Waals surface area contributed by atoms with Gasteiger partial charge in [0.2, 0.25) is 0 Å². The number of hydrogen-bond acceptors (Lipinski definition) is 3. The summed E-state index contributed by atoms with van der Waals surface area (Å²) in [7, 11) is 0. The lowest BCUT2D eigenvalue weighted by Gasteiger charge is -2.07. The topological polar surface area (TPSA) is 46.2 Å². The third-order valence-corrected chi connectivity index (χ3v) is 4.95. The molecule has 23 heavy (non-hydrogen) atoms. The lowest BCUT2D eigenvalue weighted by atomic mass is 9.97. The molecule has 0 bridgehead atoms. The van der Waals surface area contributed by atoms with E-state index in [9.17, 15) is 9.59 Å². The van der Waals surface area contributed by atoms with Crippen LogP contribution in [0.15, 0.2) is 53.9 Å². The van der Waals surface area contributed by atoms with Gasteiger partial charge < -0.3 is 0 Å². The van der Waals surface area contributed by atoms with Crippen molar-refractivity contribution in [1.29, 1.82) is 0 Å². The Hall–Kier alpha value is -2.72. The van der Waals surface area contributed by atoms with Gasteiger partial charge >= 0.3 is 0 Å². The Morgan fingerprint density at radius 3 is 2.30 bits per heavy atom. The van der Waals surface area contributed by atoms with Crippen molar-refractivity contribution in [2.24, 2.45) is 0 Å². The minimum Gasteiger partial charge on any atom is -0.288 e. The molecule has 4 rings (SSSR count). The molecule has 0 aliphatic carbocycles. The van der Waals surface area contributed by atoms with E-state index in [1.165, 1.54) is 10.4 Å². The number of hydrogen-bond donors (Lipinski definition) is 1. The van der Waals surface area contributed by atoms with E-state index < -0.39 is 0 Å². The summed E-state index contributed by atoms with van der Waals surface area (Å²) < 4.78 is 0. The molecule has 1 aliphatic rings. The fourth-order valence-electron chi connectivity index (χ4n) is 2.90. The van der Waals surface area contributed by atoms with Gasteiger partial charge in [-0.1, -0.05) is 24.3 Å². The summed E-state index contributed by atoms with van der Waals surface area (Å²) in [6.07, 6.45) is 0. The molecular formula is C19H13NO2S. The van der Waals surface area contributed by atoms with E-state index in [0.29, 0.717) is 11.1 Å². The zero-order valence-corrected chi connectivity index (χ0v) is 13.2. The zero-order valence-electron chi connectivity index (χ0n) is 12.4. The molecule has 0 saturated heterocycles. The van der Waals surface area contributed by atoms with Crippen LogP contribution in [0.4, 0.5) is 0 Å². The van der Waals surface area contributed by atoms with Gasteiger partial charge in [0.1, 0.15) is 0 Å². The Balaban J connectivity index is 1.81. The lowest BCUT2D eigenvalue weighted by Crippen LogP contribution is -2.19. The molecule has 112 valence electrons. The molecule has 0 spiro atoms. The average Bonchev–Trinajstić information content (AvgIpc) is 3.11. The molecule has 0 atom stereocenters. The van der Waals surface area contributed by atoms with Crippen molar-refractivity contribution in [3.63, 3.8) is 0 Å². The molecule has 2 aromatic carbocycles. The van der Waals surface area contributed by atoms with Crippen LogP contribution in [-0.2, 0) is 0 Å². The second-order valence-electron chi connectivity index (χ2n) is 5.51. The van der Waals surface area contributed by atoms with Crippen LogP contribution in [0.5, 0.6) is 0 Å². The standard InChI is InChI=1S/C19H13NO2S/c1-11-15(7-8-23-11)14-4-2-3-12(9-14)13-5-6-16-17(10-13)19(22)20-18(16)21/h2-10H,1H3,(H,20,21,22). The van der Waals surface area contributed by atoms with Crippen molar-refractivity contribution >= 4 is 23.2 Å². The highest BCUT2D eigenvalue weighted by Crippen LogP contribution is 2.32. The first kappa shape index (κ1) is 13.9. The summed E-state index contributed by atoms with van der Waals surface area (Å²) in [5, 5.41) is 4.41. The molecule has 0 unspecified atom stereocenters. The van der Waals surface area contributed by atoms with E-state index >= 15 is 0 Å². The predicted octanol–water partition coefficient (Wildman–Crippen LogP) is 4.27. The summed E-state index contributed by atoms with van der Waals surface area (Å²) in [6, 6.07) is 15.7. The van der Waals surface area contributed by atoms with Gasteiger partial charge in [-0.3, -0.25) is 14.9 Å². The average molecular weight is 319 g/mol. The zero-order chi connectivity index (χ0) is 16.0. The minimum atomic E-state index is -0.323. The van der Waals surface area contributed by atoms with Crippen LogP contribution in [0.2, 0.25) is 0 Å². The van der Waals surface area contributed by atoms with Crippen LogP contribution >= 0.6 is 11.3 Å². The van der Waals surface area contributed by atoms with E-state index in [4.69, 9.17) is 0 Å². The molecule has 2 heterocycles. The largest absolute Gasteiger partial charge is 0.288 e. The monoisotopic (exact) mass is 319 g/mol. The van der Waals surface area contributed by atoms with Crippen LogP contribution in [0.1, 0.15) is 25.6 Å². The maximum Gasteiger partial charge on any atom is 0.258 e. The Labute approximate surface area is 137 Å². The van der Waals surface area contributed by atoms with E-state index in [2.05, 4.69) is 35.8 Å². The van der Waals surface area contributed by atoms with Crippen LogP contribution in [0.3, 0.4) is 0 Å². The highest BCUT2D eigenvalue weighted by molar-refractivity contribution is 7.10. The number of thiophene rings is 1. The first-order valence-corrected chi connectivity index (χ1v) is 8.16. The number of amides is 2. The quantitative estimate of drug-likeness (QED) is 0.717. The number of benzene rings is 2. The number of rotatable bonds is 2. The van der Waals surface area contributed by atoms with Gasteiger partial charge in [-0.2, -0.15) is 0 Å². The summed E-state index contributed by atoms with van der Waals surface area (Å²) in [6.45, 7) is 2.11. The first-order chi connectivity index (χ1) is 11.1. The number of fused-ring (bicyclic) bond motifs is 1. The number of imide groups is 1. The van der Waals surface area contributed by atoms with Gasteiger partial charge in [-0.05, 0) is 58.8 Å². The molecule has 3 nitrogen and oxygen atoms in total. The molecular weight excluding hydrogens is 306 g/mol. The fraction of sp³-hybridized carbons (Fsp3) is 0.0526. The van der Waals surface area contributed by atoms with Gasteiger partial charge in [0.05, 0.1) is 11.1 Å². The second kappa shape index (κ2) is 5.18. The highest BCUT2D eigenvalue weighted by atomic mass is 32.1. The molecule has 1 N–H and O–H groups in total. The Morgan fingerprint density at radius 2 is 1.52 bits per heavy atom. The Bertz CT molecular complexity index is 956. The minimum absolute atomic E-state index is 0.320. The highest BCUT2D eigenvalue weighted by Gasteiger charge is 2.26. The molecule has 4 heteroatoms. The number of carbonyl (C=O) groups excluding carboxylic acids is 2. The number of carbonyl (C=O) groups is 2. The molecule has 3 aromatic rings. The van der Waals surface area contributed by atoms with Crippen molar-refractivity contribution in [2.75, 3.05) is 0 Å².